The molecule has 1 aromatic rings. The van der Waals surface area contributed by atoms with Crippen molar-refractivity contribution in [3.63, 3.8) is 0 Å². The average Bonchev–Trinajstić information content (AvgIpc) is 2.51. The Kier molecular flexibility index (Phi) is 3.31. The highest BCUT2D eigenvalue weighted by molar-refractivity contribution is 5.67. The van der Waals surface area contributed by atoms with Gasteiger partial charge in [0, 0.05) is 12.4 Å². The third-order valence-corrected chi connectivity index (χ3v) is 1.30. The van der Waals surface area contributed by atoms with Crippen molar-refractivity contribution in [1.82, 2.24) is 15.3 Å². The number of H-pyrrole nitrogens is 1. The number of carbonyl (C=O) groups is 1. The molecule has 1 rings (SSSR count). The lowest BCUT2D eigenvalue weighted by molar-refractivity contribution is 0.115. The first-order valence-electron chi connectivity index (χ1n) is 4.11. The van der Waals surface area contributed by atoms with Crippen LogP contribution in [-0.2, 0) is 11.3 Å². The molecule has 0 atom stereocenters. The van der Waals surface area contributed by atoms with Gasteiger partial charge in [-0.2, -0.15) is 0 Å². The molecule has 1 amide bonds. The van der Waals surface area contributed by atoms with Crippen LogP contribution in [-0.4, -0.2) is 22.2 Å². The van der Waals surface area contributed by atoms with Gasteiger partial charge >= 0.3 is 6.09 Å². The largest absolute Gasteiger partial charge is 0.447 e. The third kappa shape index (κ3) is 3.59. The molecule has 5 heteroatoms. The van der Waals surface area contributed by atoms with Gasteiger partial charge in [-0.25, -0.2) is 9.78 Å². The fourth-order valence-electron chi connectivity index (χ4n) is 0.806. The van der Waals surface area contributed by atoms with E-state index in [4.69, 9.17) is 4.74 Å². The van der Waals surface area contributed by atoms with Crippen LogP contribution >= 0.6 is 0 Å². The van der Waals surface area contributed by atoms with Gasteiger partial charge in [0.05, 0.1) is 12.6 Å². The maximum atomic E-state index is 11.0. The van der Waals surface area contributed by atoms with Gasteiger partial charge in [0.2, 0.25) is 0 Å². The number of nitrogens with one attached hydrogen (secondary N) is 2. The van der Waals surface area contributed by atoms with Gasteiger partial charge in [-0.1, -0.05) is 0 Å². The number of hydrogen-bond acceptors (Lipinski definition) is 3. The van der Waals surface area contributed by atoms with Crippen molar-refractivity contribution in [1.29, 1.82) is 0 Å². The summed E-state index contributed by atoms with van der Waals surface area (Å²) in [5.74, 6) is 0.709. The zero-order valence-corrected chi connectivity index (χ0v) is 7.70. The second kappa shape index (κ2) is 4.49. The van der Waals surface area contributed by atoms with Crippen molar-refractivity contribution in [2.24, 2.45) is 0 Å². The fraction of sp³-hybridized carbons (Fsp3) is 0.500. The number of amides is 1. The van der Waals surface area contributed by atoms with Gasteiger partial charge < -0.3 is 15.0 Å². The molecule has 0 aliphatic heterocycles. The van der Waals surface area contributed by atoms with Crippen molar-refractivity contribution in [2.45, 2.75) is 26.5 Å². The molecule has 13 heavy (non-hydrogen) atoms. The lowest BCUT2D eigenvalue weighted by Gasteiger charge is -2.07. The van der Waals surface area contributed by atoms with Crippen LogP contribution < -0.4 is 5.32 Å². The van der Waals surface area contributed by atoms with Crippen LogP contribution in [0.5, 0.6) is 0 Å². The Balaban J connectivity index is 2.23. The molecule has 2 N–H and O–H groups in total. The quantitative estimate of drug-likeness (QED) is 0.735. The lowest BCUT2D eigenvalue weighted by Crippen LogP contribution is -2.26. The number of alkyl carbamates (subject to hydrolysis) is 1. The van der Waals surface area contributed by atoms with Crippen LogP contribution in [0.25, 0.3) is 0 Å². The molecular weight excluding hydrogens is 170 g/mol. The maximum absolute atomic E-state index is 11.0. The van der Waals surface area contributed by atoms with Crippen molar-refractivity contribution < 1.29 is 9.53 Å². The van der Waals surface area contributed by atoms with Gasteiger partial charge in [0.15, 0.2) is 0 Å². The van der Waals surface area contributed by atoms with Gasteiger partial charge in [0.25, 0.3) is 0 Å². The van der Waals surface area contributed by atoms with E-state index < -0.39 is 6.09 Å². The smallest absolute Gasteiger partial charge is 0.407 e. The number of nitrogens with zero attached hydrogens (tertiary/aromatic N) is 1. The lowest BCUT2D eigenvalue weighted by atomic mass is 10.5. The number of ether oxygens (including phenoxy) is 1. The van der Waals surface area contributed by atoms with E-state index in [0.29, 0.717) is 12.4 Å². The summed E-state index contributed by atoms with van der Waals surface area (Å²) in [7, 11) is 0. The van der Waals surface area contributed by atoms with Crippen LogP contribution in [0.2, 0.25) is 0 Å². The molecule has 0 aliphatic rings. The fourth-order valence-corrected chi connectivity index (χ4v) is 0.806. The minimum absolute atomic E-state index is 0.100. The SMILES string of the molecule is CC(C)OC(=O)NCc1ncc[nH]1. The molecule has 0 unspecified atom stereocenters. The highest BCUT2D eigenvalue weighted by Crippen LogP contribution is 1.91. The Bertz CT molecular complexity index is 256. The van der Waals surface area contributed by atoms with E-state index in [1.54, 1.807) is 26.2 Å². The molecule has 0 saturated carbocycles. The van der Waals surface area contributed by atoms with E-state index in [-0.39, 0.29) is 6.10 Å². The first kappa shape index (κ1) is 9.57. The van der Waals surface area contributed by atoms with Crippen LogP contribution in [0.1, 0.15) is 19.7 Å². The van der Waals surface area contributed by atoms with Crippen LogP contribution in [0.15, 0.2) is 12.4 Å². The van der Waals surface area contributed by atoms with Crippen LogP contribution in [0.3, 0.4) is 0 Å². The molecule has 5 nitrogen and oxygen atoms in total. The highest BCUT2D eigenvalue weighted by atomic mass is 16.6. The summed E-state index contributed by atoms with van der Waals surface area (Å²) >= 11 is 0. The number of imidazole rings is 1. The molecule has 1 heterocycles. The molecule has 0 fully saturated rings. The minimum Gasteiger partial charge on any atom is -0.447 e. The van der Waals surface area contributed by atoms with Gasteiger partial charge in [-0.15, -0.1) is 0 Å². The highest BCUT2D eigenvalue weighted by Gasteiger charge is 2.04. The second-order valence-corrected chi connectivity index (χ2v) is 2.84. The van der Waals surface area contributed by atoms with Crippen LogP contribution in [0, 0.1) is 0 Å². The average molecular weight is 183 g/mol. The van der Waals surface area contributed by atoms with E-state index in [1.807, 2.05) is 0 Å². The number of hydrogen-bond donors (Lipinski definition) is 2. The summed E-state index contributed by atoms with van der Waals surface area (Å²) in [6.45, 7) is 3.96. The van der Waals surface area contributed by atoms with E-state index in [9.17, 15) is 4.79 Å². The molecule has 0 aromatic carbocycles. The van der Waals surface area contributed by atoms with E-state index in [0.717, 1.165) is 0 Å². The van der Waals surface area contributed by atoms with Gasteiger partial charge in [0.1, 0.15) is 5.82 Å². The van der Waals surface area contributed by atoms with Gasteiger partial charge in [-0.05, 0) is 13.8 Å². The molecular formula is C8H13N3O2. The number of carbonyl (C=O) groups excluding carboxylic acids is 1. The molecule has 1 aromatic heterocycles. The Labute approximate surface area is 76.5 Å². The third-order valence-electron chi connectivity index (χ3n) is 1.30. The molecule has 0 radical (unpaired) electrons. The van der Waals surface area contributed by atoms with E-state index >= 15 is 0 Å². The van der Waals surface area contributed by atoms with Crippen molar-refractivity contribution in [3.05, 3.63) is 18.2 Å². The van der Waals surface area contributed by atoms with Crippen molar-refractivity contribution in [2.75, 3.05) is 0 Å². The molecule has 0 bridgehead atoms. The van der Waals surface area contributed by atoms with Gasteiger partial charge in [-0.3, -0.25) is 0 Å². The number of rotatable bonds is 3. The summed E-state index contributed by atoms with van der Waals surface area (Å²) in [6, 6.07) is 0. The Morgan fingerprint density at radius 1 is 1.77 bits per heavy atom. The van der Waals surface area contributed by atoms with E-state index in [1.165, 1.54) is 0 Å². The summed E-state index contributed by atoms with van der Waals surface area (Å²) in [5, 5.41) is 2.56. The summed E-state index contributed by atoms with van der Waals surface area (Å²) in [4.78, 5) is 17.8. The second-order valence-electron chi connectivity index (χ2n) is 2.84. The zero-order chi connectivity index (χ0) is 9.68. The Morgan fingerprint density at radius 2 is 2.54 bits per heavy atom. The van der Waals surface area contributed by atoms with Crippen molar-refractivity contribution in [3.8, 4) is 0 Å². The Morgan fingerprint density at radius 3 is 3.08 bits per heavy atom. The van der Waals surface area contributed by atoms with Crippen molar-refractivity contribution >= 4 is 6.09 Å². The monoisotopic (exact) mass is 183 g/mol. The molecule has 0 saturated heterocycles. The Hall–Kier alpha value is -1.52. The molecule has 0 spiro atoms. The summed E-state index contributed by atoms with van der Waals surface area (Å²) in [5.41, 5.74) is 0. The minimum atomic E-state index is -0.425. The van der Waals surface area contributed by atoms with Crippen LogP contribution in [0.4, 0.5) is 4.79 Å². The first-order chi connectivity index (χ1) is 6.18. The molecule has 0 aliphatic carbocycles. The summed E-state index contributed by atoms with van der Waals surface area (Å²) in [6.07, 6.45) is 2.80. The summed E-state index contributed by atoms with van der Waals surface area (Å²) < 4.78 is 4.86. The predicted molar refractivity (Wildman–Crippen MR) is 47.0 cm³/mol. The number of aromatic nitrogens is 2. The topological polar surface area (TPSA) is 67.0 Å². The normalized spacial score (nSPS) is 10.1. The predicted octanol–water partition coefficient (Wildman–Crippen LogP) is 1.04. The number of aromatic amines is 1. The molecule has 72 valence electrons. The first-order valence-corrected chi connectivity index (χ1v) is 4.11. The zero-order valence-electron chi connectivity index (χ0n) is 7.70. The van der Waals surface area contributed by atoms with E-state index in [2.05, 4.69) is 15.3 Å². The maximum Gasteiger partial charge on any atom is 0.407 e. The standard InChI is InChI=1S/C8H13N3O2/c1-6(2)13-8(12)11-5-7-9-3-4-10-7/h3-4,6H,5H2,1-2H3,(H,9,10)(H,11,12).